The second kappa shape index (κ2) is 6.37. The van der Waals surface area contributed by atoms with Gasteiger partial charge in [-0.25, -0.2) is 0 Å². The van der Waals surface area contributed by atoms with Crippen molar-refractivity contribution in [1.82, 2.24) is 4.90 Å². The van der Waals surface area contributed by atoms with Gasteiger partial charge in [-0.3, -0.25) is 4.90 Å². The standard InChI is InChI=1S/C15H24N2O2/c1-11-8-17(9-12(2)19-11)10-13-4-5-14(7-16)15(6-13)18-3/h4-6,11-12H,7-10,16H2,1-3H3/t11-,12+. The van der Waals surface area contributed by atoms with E-state index in [1.165, 1.54) is 5.56 Å². The lowest BCUT2D eigenvalue weighted by Gasteiger charge is -2.35. The van der Waals surface area contributed by atoms with E-state index in [2.05, 4.69) is 36.9 Å². The Labute approximate surface area is 115 Å². The predicted octanol–water partition coefficient (Wildman–Crippen LogP) is 1.76. The number of nitrogens with zero attached hydrogens (tertiary/aromatic N) is 1. The predicted molar refractivity (Wildman–Crippen MR) is 76.2 cm³/mol. The maximum absolute atomic E-state index is 5.75. The molecule has 1 aliphatic rings. The minimum absolute atomic E-state index is 0.300. The zero-order valence-electron chi connectivity index (χ0n) is 12.1. The van der Waals surface area contributed by atoms with E-state index >= 15 is 0 Å². The highest BCUT2D eigenvalue weighted by Gasteiger charge is 2.22. The van der Waals surface area contributed by atoms with E-state index in [4.69, 9.17) is 15.2 Å². The molecule has 0 bridgehead atoms. The molecule has 4 nitrogen and oxygen atoms in total. The van der Waals surface area contributed by atoms with E-state index in [0.717, 1.165) is 30.9 Å². The van der Waals surface area contributed by atoms with Crippen LogP contribution in [-0.4, -0.2) is 37.3 Å². The van der Waals surface area contributed by atoms with Gasteiger partial charge in [-0.05, 0) is 25.5 Å². The lowest BCUT2D eigenvalue weighted by atomic mass is 10.1. The van der Waals surface area contributed by atoms with Gasteiger partial charge in [0, 0.05) is 31.7 Å². The Morgan fingerprint density at radius 2 is 2.00 bits per heavy atom. The second-order valence-corrected chi connectivity index (χ2v) is 5.30. The summed E-state index contributed by atoms with van der Waals surface area (Å²) in [5.41, 5.74) is 8.00. The van der Waals surface area contributed by atoms with Crippen LogP contribution in [0.2, 0.25) is 0 Å². The van der Waals surface area contributed by atoms with E-state index in [1.807, 2.05) is 0 Å². The monoisotopic (exact) mass is 264 g/mol. The molecule has 19 heavy (non-hydrogen) atoms. The summed E-state index contributed by atoms with van der Waals surface area (Å²) in [7, 11) is 1.69. The zero-order chi connectivity index (χ0) is 13.8. The molecule has 0 saturated carbocycles. The highest BCUT2D eigenvalue weighted by molar-refractivity contribution is 5.37. The molecule has 1 saturated heterocycles. The van der Waals surface area contributed by atoms with Gasteiger partial charge in [0.2, 0.25) is 0 Å². The smallest absolute Gasteiger partial charge is 0.123 e. The number of ether oxygens (including phenoxy) is 2. The van der Waals surface area contributed by atoms with Gasteiger partial charge in [0.15, 0.2) is 0 Å². The van der Waals surface area contributed by atoms with Gasteiger partial charge in [0.25, 0.3) is 0 Å². The van der Waals surface area contributed by atoms with Crippen molar-refractivity contribution >= 4 is 0 Å². The van der Waals surface area contributed by atoms with Crippen LogP contribution in [0.25, 0.3) is 0 Å². The molecule has 2 atom stereocenters. The number of morpholine rings is 1. The Balaban J connectivity index is 2.06. The normalized spacial score (nSPS) is 24.4. The van der Waals surface area contributed by atoms with Crippen molar-refractivity contribution in [3.8, 4) is 5.75 Å². The van der Waals surface area contributed by atoms with Crippen LogP contribution in [0.5, 0.6) is 5.75 Å². The Bertz CT molecular complexity index is 413. The third-order valence-corrected chi connectivity index (χ3v) is 3.47. The summed E-state index contributed by atoms with van der Waals surface area (Å²) in [6.45, 7) is 7.65. The summed E-state index contributed by atoms with van der Waals surface area (Å²) < 4.78 is 11.1. The average molecular weight is 264 g/mol. The summed E-state index contributed by atoms with van der Waals surface area (Å²) in [4.78, 5) is 2.43. The third-order valence-electron chi connectivity index (χ3n) is 3.47. The molecular weight excluding hydrogens is 240 g/mol. The van der Waals surface area contributed by atoms with Crippen LogP contribution in [0, 0.1) is 0 Å². The van der Waals surface area contributed by atoms with Gasteiger partial charge < -0.3 is 15.2 Å². The molecule has 0 radical (unpaired) electrons. The van der Waals surface area contributed by atoms with Crippen LogP contribution >= 0.6 is 0 Å². The summed E-state index contributed by atoms with van der Waals surface area (Å²) in [5, 5.41) is 0. The van der Waals surface area contributed by atoms with Crippen molar-refractivity contribution < 1.29 is 9.47 Å². The maximum Gasteiger partial charge on any atom is 0.123 e. The first-order chi connectivity index (χ1) is 9.12. The number of rotatable bonds is 4. The fraction of sp³-hybridized carbons (Fsp3) is 0.600. The largest absolute Gasteiger partial charge is 0.496 e. The molecule has 4 heteroatoms. The Morgan fingerprint density at radius 3 is 2.58 bits per heavy atom. The van der Waals surface area contributed by atoms with Gasteiger partial charge in [-0.1, -0.05) is 12.1 Å². The third kappa shape index (κ3) is 3.69. The van der Waals surface area contributed by atoms with Crippen LogP contribution in [0.1, 0.15) is 25.0 Å². The van der Waals surface area contributed by atoms with Crippen molar-refractivity contribution in [2.45, 2.75) is 39.1 Å². The second-order valence-electron chi connectivity index (χ2n) is 5.30. The first-order valence-corrected chi connectivity index (χ1v) is 6.86. The van der Waals surface area contributed by atoms with Gasteiger partial charge in [0.1, 0.15) is 5.75 Å². The average Bonchev–Trinajstić information content (AvgIpc) is 2.37. The molecule has 0 aromatic heterocycles. The van der Waals surface area contributed by atoms with Crippen LogP contribution in [0.15, 0.2) is 18.2 Å². The number of benzene rings is 1. The number of nitrogens with two attached hydrogens (primary N) is 1. The molecule has 106 valence electrons. The van der Waals surface area contributed by atoms with E-state index < -0.39 is 0 Å². The lowest BCUT2D eigenvalue weighted by Crippen LogP contribution is -2.44. The van der Waals surface area contributed by atoms with Crippen molar-refractivity contribution in [3.63, 3.8) is 0 Å². The Kier molecular flexibility index (Phi) is 4.80. The molecule has 0 spiro atoms. The number of hydrogen-bond acceptors (Lipinski definition) is 4. The fourth-order valence-electron chi connectivity index (χ4n) is 2.73. The SMILES string of the molecule is COc1cc(CN2C[C@@H](C)O[C@@H](C)C2)ccc1CN. The van der Waals surface area contributed by atoms with Crippen LogP contribution in [-0.2, 0) is 17.8 Å². The number of hydrogen-bond donors (Lipinski definition) is 1. The molecule has 2 rings (SSSR count). The maximum atomic E-state index is 5.75. The molecule has 1 heterocycles. The Hall–Kier alpha value is -1.10. The minimum Gasteiger partial charge on any atom is -0.496 e. The first-order valence-electron chi connectivity index (χ1n) is 6.86. The fourth-order valence-corrected chi connectivity index (χ4v) is 2.73. The van der Waals surface area contributed by atoms with Crippen LogP contribution in [0.4, 0.5) is 0 Å². The quantitative estimate of drug-likeness (QED) is 0.900. The topological polar surface area (TPSA) is 47.7 Å². The van der Waals surface area contributed by atoms with Crippen LogP contribution in [0.3, 0.4) is 0 Å². The lowest BCUT2D eigenvalue weighted by molar-refractivity contribution is -0.0704. The molecule has 1 fully saturated rings. The van der Waals surface area contributed by atoms with E-state index in [0.29, 0.717) is 18.8 Å². The molecular formula is C15H24N2O2. The van der Waals surface area contributed by atoms with Gasteiger partial charge in [-0.15, -0.1) is 0 Å². The summed E-state index contributed by atoms with van der Waals surface area (Å²) in [5.74, 6) is 0.884. The number of methoxy groups -OCH3 is 1. The molecule has 2 N–H and O–H groups in total. The van der Waals surface area contributed by atoms with Gasteiger partial charge >= 0.3 is 0 Å². The Morgan fingerprint density at radius 1 is 1.32 bits per heavy atom. The highest BCUT2D eigenvalue weighted by atomic mass is 16.5. The molecule has 0 unspecified atom stereocenters. The van der Waals surface area contributed by atoms with Crippen molar-refractivity contribution in [2.24, 2.45) is 5.73 Å². The van der Waals surface area contributed by atoms with E-state index in [9.17, 15) is 0 Å². The van der Waals surface area contributed by atoms with Crippen molar-refractivity contribution in [1.29, 1.82) is 0 Å². The van der Waals surface area contributed by atoms with Crippen molar-refractivity contribution in [3.05, 3.63) is 29.3 Å². The van der Waals surface area contributed by atoms with E-state index in [-0.39, 0.29) is 0 Å². The summed E-state index contributed by atoms with van der Waals surface area (Å²) in [6, 6.07) is 6.28. The first kappa shape index (κ1) is 14.3. The van der Waals surface area contributed by atoms with Gasteiger partial charge in [0.05, 0.1) is 19.3 Å². The van der Waals surface area contributed by atoms with Crippen molar-refractivity contribution in [2.75, 3.05) is 20.2 Å². The highest BCUT2D eigenvalue weighted by Crippen LogP contribution is 2.22. The summed E-state index contributed by atoms with van der Waals surface area (Å²) >= 11 is 0. The van der Waals surface area contributed by atoms with E-state index in [1.54, 1.807) is 7.11 Å². The zero-order valence-corrected chi connectivity index (χ0v) is 12.1. The van der Waals surface area contributed by atoms with Crippen LogP contribution < -0.4 is 10.5 Å². The molecule has 0 aliphatic carbocycles. The molecule has 1 aromatic carbocycles. The molecule has 1 aromatic rings. The minimum atomic E-state index is 0.300. The summed E-state index contributed by atoms with van der Waals surface area (Å²) in [6.07, 6.45) is 0.600. The molecule has 1 aliphatic heterocycles. The van der Waals surface area contributed by atoms with Gasteiger partial charge in [-0.2, -0.15) is 0 Å². The molecule has 0 amide bonds.